The Morgan fingerprint density at radius 2 is 1.80 bits per heavy atom. The van der Waals surface area contributed by atoms with E-state index in [1.807, 2.05) is 24.3 Å². The molecule has 3 aromatic rings. The van der Waals surface area contributed by atoms with Crippen molar-refractivity contribution in [3.05, 3.63) is 65.9 Å². The summed E-state index contributed by atoms with van der Waals surface area (Å²) in [5, 5.41) is 2.94. The minimum atomic E-state index is -0.465. The summed E-state index contributed by atoms with van der Waals surface area (Å²) >= 11 is 0. The molecule has 0 saturated heterocycles. The van der Waals surface area contributed by atoms with Gasteiger partial charge in [0, 0.05) is 12.1 Å². The Morgan fingerprint density at radius 1 is 1.00 bits per heavy atom. The lowest BCUT2D eigenvalue weighted by molar-refractivity contribution is 0.587. The molecule has 0 unspecified atom stereocenters. The normalized spacial score (nSPS) is 10.7. The summed E-state index contributed by atoms with van der Waals surface area (Å²) in [5.74, 6) is -0.396. The van der Waals surface area contributed by atoms with Gasteiger partial charge >= 0.3 is 0 Å². The molecule has 0 saturated carbocycles. The minimum Gasteiger partial charge on any atom is -0.365 e. The van der Waals surface area contributed by atoms with Crippen molar-refractivity contribution >= 4 is 16.9 Å². The Kier molecular flexibility index (Phi) is 3.25. The van der Waals surface area contributed by atoms with Crippen LogP contribution in [0.1, 0.15) is 5.56 Å². The topological polar surface area (TPSA) is 37.8 Å². The van der Waals surface area contributed by atoms with Crippen LogP contribution in [0, 0.1) is 11.6 Å². The molecule has 1 heterocycles. The van der Waals surface area contributed by atoms with Gasteiger partial charge in [-0.2, -0.15) is 0 Å². The summed E-state index contributed by atoms with van der Waals surface area (Å²) in [6.07, 6.45) is 1.57. The first kappa shape index (κ1) is 12.5. The highest BCUT2D eigenvalue weighted by atomic mass is 19.1. The van der Waals surface area contributed by atoms with Crippen LogP contribution in [0.3, 0.4) is 0 Å². The fourth-order valence-corrected chi connectivity index (χ4v) is 1.91. The Hall–Kier alpha value is -2.56. The van der Waals surface area contributed by atoms with Crippen molar-refractivity contribution in [2.24, 2.45) is 0 Å². The van der Waals surface area contributed by atoms with Gasteiger partial charge in [0.15, 0.2) is 0 Å². The van der Waals surface area contributed by atoms with E-state index in [1.54, 1.807) is 6.20 Å². The summed E-state index contributed by atoms with van der Waals surface area (Å²) in [4.78, 5) is 8.59. The van der Waals surface area contributed by atoms with Crippen molar-refractivity contribution < 1.29 is 8.78 Å². The van der Waals surface area contributed by atoms with Crippen LogP contribution in [0.2, 0.25) is 0 Å². The van der Waals surface area contributed by atoms with Gasteiger partial charge in [0.05, 0.1) is 17.2 Å². The lowest BCUT2D eigenvalue weighted by Gasteiger charge is -2.07. The Labute approximate surface area is 114 Å². The van der Waals surface area contributed by atoms with E-state index in [1.165, 1.54) is 0 Å². The third kappa shape index (κ3) is 2.56. The molecule has 100 valence electrons. The Balaban J connectivity index is 1.81. The van der Waals surface area contributed by atoms with Gasteiger partial charge in [-0.1, -0.05) is 12.1 Å². The maximum absolute atomic E-state index is 13.5. The highest BCUT2D eigenvalue weighted by Crippen LogP contribution is 2.14. The number of nitrogens with zero attached hydrogens (tertiary/aromatic N) is 2. The monoisotopic (exact) mass is 271 g/mol. The summed E-state index contributed by atoms with van der Waals surface area (Å²) in [5.41, 5.74) is 1.78. The molecule has 5 heteroatoms. The highest BCUT2D eigenvalue weighted by molar-refractivity contribution is 5.75. The number of hydrogen-bond donors (Lipinski definition) is 1. The van der Waals surface area contributed by atoms with Crippen molar-refractivity contribution in [2.75, 3.05) is 5.32 Å². The molecule has 3 rings (SSSR count). The fraction of sp³-hybridized carbons (Fsp3) is 0.0667. The van der Waals surface area contributed by atoms with E-state index in [0.717, 1.165) is 29.2 Å². The first-order valence-electron chi connectivity index (χ1n) is 6.12. The van der Waals surface area contributed by atoms with E-state index in [2.05, 4.69) is 15.3 Å². The second-order valence-electron chi connectivity index (χ2n) is 4.33. The van der Waals surface area contributed by atoms with Crippen LogP contribution in [0.15, 0.2) is 48.7 Å². The van der Waals surface area contributed by atoms with Gasteiger partial charge in [-0.3, -0.25) is 4.98 Å². The average Bonchev–Trinajstić information content (AvgIpc) is 2.48. The van der Waals surface area contributed by atoms with Gasteiger partial charge in [0.1, 0.15) is 17.5 Å². The van der Waals surface area contributed by atoms with Gasteiger partial charge < -0.3 is 5.32 Å². The van der Waals surface area contributed by atoms with Crippen LogP contribution in [-0.2, 0) is 6.54 Å². The summed E-state index contributed by atoms with van der Waals surface area (Å²) < 4.78 is 26.5. The standard InChI is InChI=1S/C15H11F2N3/c16-11-5-6-12(17)10(7-11)8-19-15-9-18-13-3-1-2-4-14(13)20-15/h1-7,9H,8H2,(H,19,20). The van der Waals surface area contributed by atoms with Crippen LogP contribution in [0.5, 0.6) is 0 Å². The summed E-state index contributed by atoms with van der Waals surface area (Å²) in [7, 11) is 0. The summed E-state index contributed by atoms with van der Waals surface area (Å²) in [6, 6.07) is 10.8. The molecule has 0 radical (unpaired) electrons. The molecule has 0 aliphatic heterocycles. The van der Waals surface area contributed by atoms with Crippen LogP contribution in [-0.4, -0.2) is 9.97 Å². The number of aromatic nitrogens is 2. The van der Waals surface area contributed by atoms with E-state index in [9.17, 15) is 8.78 Å². The van der Waals surface area contributed by atoms with E-state index in [4.69, 9.17) is 0 Å². The molecule has 0 aliphatic rings. The smallest absolute Gasteiger partial charge is 0.145 e. The van der Waals surface area contributed by atoms with Crippen molar-refractivity contribution in [3.8, 4) is 0 Å². The molecule has 0 aliphatic carbocycles. The predicted molar refractivity (Wildman–Crippen MR) is 73.2 cm³/mol. The van der Waals surface area contributed by atoms with E-state index >= 15 is 0 Å². The Bertz CT molecular complexity index is 759. The first-order chi connectivity index (χ1) is 9.72. The quantitative estimate of drug-likeness (QED) is 0.792. The van der Waals surface area contributed by atoms with Gasteiger partial charge in [-0.15, -0.1) is 0 Å². The molecular formula is C15H11F2N3. The van der Waals surface area contributed by atoms with Crippen LogP contribution in [0.25, 0.3) is 11.0 Å². The maximum atomic E-state index is 13.5. The van der Waals surface area contributed by atoms with Crippen LogP contribution >= 0.6 is 0 Å². The van der Waals surface area contributed by atoms with Gasteiger partial charge in [-0.05, 0) is 30.3 Å². The molecule has 0 atom stereocenters. The third-order valence-electron chi connectivity index (χ3n) is 2.92. The van der Waals surface area contributed by atoms with E-state index in [0.29, 0.717) is 5.82 Å². The van der Waals surface area contributed by atoms with Crippen LogP contribution in [0.4, 0.5) is 14.6 Å². The van der Waals surface area contributed by atoms with Crippen molar-refractivity contribution in [3.63, 3.8) is 0 Å². The molecular weight excluding hydrogens is 260 g/mol. The number of benzene rings is 2. The van der Waals surface area contributed by atoms with Gasteiger partial charge in [0.25, 0.3) is 0 Å². The molecule has 1 N–H and O–H groups in total. The fourth-order valence-electron chi connectivity index (χ4n) is 1.91. The average molecular weight is 271 g/mol. The molecule has 2 aromatic carbocycles. The van der Waals surface area contributed by atoms with Crippen LogP contribution < -0.4 is 5.32 Å². The molecule has 0 spiro atoms. The maximum Gasteiger partial charge on any atom is 0.145 e. The molecule has 0 amide bonds. The van der Waals surface area contributed by atoms with Crippen molar-refractivity contribution in [1.29, 1.82) is 0 Å². The zero-order valence-corrected chi connectivity index (χ0v) is 10.5. The molecule has 3 nitrogen and oxygen atoms in total. The first-order valence-corrected chi connectivity index (χ1v) is 6.12. The summed E-state index contributed by atoms with van der Waals surface area (Å²) in [6.45, 7) is 0.149. The SMILES string of the molecule is Fc1ccc(F)c(CNc2cnc3ccccc3n2)c1. The predicted octanol–water partition coefficient (Wildman–Crippen LogP) is 3.52. The number of para-hydroxylation sites is 2. The number of nitrogens with one attached hydrogen (secondary N) is 1. The number of rotatable bonds is 3. The number of anilines is 1. The second-order valence-corrected chi connectivity index (χ2v) is 4.33. The molecule has 1 aromatic heterocycles. The highest BCUT2D eigenvalue weighted by Gasteiger charge is 2.05. The molecule has 20 heavy (non-hydrogen) atoms. The van der Waals surface area contributed by atoms with E-state index < -0.39 is 11.6 Å². The minimum absolute atomic E-state index is 0.149. The number of halogens is 2. The second kappa shape index (κ2) is 5.21. The van der Waals surface area contributed by atoms with Gasteiger partial charge in [0.2, 0.25) is 0 Å². The number of fused-ring (bicyclic) bond motifs is 1. The molecule has 0 fully saturated rings. The van der Waals surface area contributed by atoms with Crippen molar-refractivity contribution in [1.82, 2.24) is 9.97 Å². The third-order valence-corrected chi connectivity index (χ3v) is 2.92. The van der Waals surface area contributed by atoms with Gasteiger partial charge in [-0.25, -0.2) is 13.8 Å². The lowest BCUT2D eigenvalue weighted by atomic mass is 10.2. The lowest BCUT2D eigenvalue weighted by Crippen LogP contribution is -2.04. The zero-order chi connectivity index (χ0) is 13.9. The van der Waals surface area contributed by atoms with Crippen molar-refractivity contribution in [2.45, 2.75) is 6.54 Å². The number of hydrogen-bond acceptors (Lipinski definition) is 3. The van der Waals surface area contributed by atoms with E-state index in [-0.39, 0.29) is 12.1 Å². The Morgan fingerprint density at radius 3 is 2.65 bits per heavy atom. The largest absolute Gasteiger partial charge is 0.365 e. The zero-order valence-electron chi connectivity index (χ0n) is 10.5. The molecule has 0 bridgehead atoms.